The molecule has 0 atom stereocenters. The highest BCUT2D eigenvalue weighted by molar-refractivity contribution is 7.89. The highest BCUT2D eigenvalue weighted by Gasteiger charge is 2.28. The average Bonchev–Trinajstić information content (AvgIpc) is 3.40. The van der Waals surface area contributed by atoms with E-state index in [1.807, 2.05) is 0 Å². The number of nitrogens with one attached hydrogen (secondary N) is 1. The van der Waals surface area contributed by atoms with Gasteiger partial charge >= 0.3 is 0 Å². The van der Waals surface area contributed by atoms with E-state index < -0.39 is 21.7 Å². The number of aromatic nitrogens is 2. The number of allylic oxidation sites excluding steroid dienone is 1. The summed E-state index contributed by atoms with van der Waals surface area (Å²) in [4.78, 5) is 4.41. The van der Waals surface area contributed by atoms with Gasteiger partial charge in [0.05, 0.1) is 28.8 Å². The first-order valence-electron chi connectivity index (χ1n) is 9.19. The summed E-state index contributed by atoms with van der Waals surface area (Å²) in [5.74, 6) is -0.973. The first-order valence-corrected chi connectivity index (χ1v) is 10.7. The Labute approximate surface area is 167 Å². The van der Waals surface area contributed by atoms with Gasteiger partial charge in [-0.1, -0.05) is 12.1 Å². The molecule has 0 amide bonds. The number of nitrogens with two attached hydrogens (primary N) is 1. The molecule has 1 heterocycles. The molecule has 0 saturated heterocycles. The van der Waals surface area contributed by atoms with Crippen LogP contribution in [0.2, 0.25) is 0 Å². The normalized spacial score (nSPS) is 15.2. The van der Waals surface area contributed by atoms with E-state index in [0.29, 0.717) is 22.2 Å². The van der Waals surface area contributed by atoms with Crippen molar-refractivity contribution in [2.75, 3.05) is 6.54 Å². The summed E-state index contributed by atoms with van der Waals surface area (Å²) in [6.45, 7) is -0.0510. The number of nitrogens with zero attached hydrogens (tertiary/aromatic N) is 2. The van der Waals surface area contributed by atoms with Gasteiger partial charge in [-0.05, 0) is 48.7 Å². The minimum absolute atomic E-state index is 0.0169. The molecule has 3 aromatic rings. The van der Waals surface area contributed by atoms with Crippen molar-refractivity contribution in [3.05, 3.63) is 60.4 Å². The molecule has 6 nitrogen and oxygen atoms in total. The van der Waals surface area contributed by atoms with E-state index in [4.69, 9.17) is 5.73 Å². The van der Waals surface area contributed by atoms with Crippen LogP contribution in [0.25, 0.3) is 22.2 Å². The van der Waals surface area contributed by atoms with E-state index >= 15 is 0 Å². The van der Waals surface area contributed by atoms with Crippen LogP contribution >= 0.6 is 0 Å². The standard InChI is InChI=1S/C20H20F2N4O2S/c21-14(6-7-23)11-26-12-24-20-18(9-15(22)10-19(20)26)13-2-1-3-17(8-13)29(27,28)25-16-4-5-16/h1-3,6,8-10,12,16,25H,4-5,7,11,23H2/b14-6-. The molecule has 2 aromatic carbocycles. The SMILES string of the molecule is NC/C=C(\F)Cn1cnc2c(-c3cccc(S(=O)(=O)NC4CC4)c3)cc(F)cc21. The van der Waals surface area contributed by atoms with E-state index in [1.54, 1.807) is 12.1 Å². The lowest BCUT2D eigenvalue weighted by Gasteiger charge is -2.09. The smallest absolute Gasteiger partial charge is 0.240 e. The predicted molar refractivity (Wildman–Crippen MR) is 107 cm³/mol. The second-order valence-electron chi connectivity index (χ2n) is 7.00. The van der Waals surface area contributed by atoms with Crippen molar-refractivity contribution in [3.63, 3.8) is 0 Å². The van der Waals surface area contributed by atoms with Gasteiger partial charge in [0, 0.05) is 18.2 Å². The molecular weight excluding hydrogens is 398 g/mol. The molecule has 1 aliphatic rings. The summed E-state index contributed by atoms with van der Waals surface area (Å²) in [6.07, 6.45) is 4.33. The maximum absolute atomic E-state index is 14.3. The van der Waals surface area contributed by atoms with E-state index in [-0.39, 0.29) is 24.0 Å². The van der Waals surface area contributed by atoms with Gasteiger partial charge in [0.25, 0.3) is 0 Å². The number of hydrogen-bond acceptors (Lipinski definition) is 4. The number of halogens is 2. The van der Waals surface area contributed by atoms with Crippen molar-refractivity contribution in [3.8, 4) is 11.1 Å². The highest BCUT2D eigenvalue weighted by atomic mass is 32.2. The fraction of sp³-hybridized carbons (Fsp3) is 0.250. The second kappa shape index (κ2) is 7.66. The van der Waals surface area contributed by atoms with Gasteiger partial charge in [-0.15, -0.1) is 0 Å². The van der Waals surface area contributed by atoms with Crippen LogP contribution < -0.4 is 10.5 Å². The molecule has 0 radical (unpaired) electrons. The Morgan fingerprint density at radius 3 is 2.83 bits per heavy atom. The third-order valence-corrected chi connectivity index (χ3v) is 6.22. The monoisotopic (exact) mass is 418 g/mol. The summed E-state index contributed by atoms with van der Waals surface area (Å²) in [6, 6.07) is 8.84. The Hall–Kier alpha value is -2.62. The minimum Gasteiger partial charge on any atom is -0.327 e. The van der Waals surface area contributed by atoms with Gasteiger partial charge in [-0.25, -0.2) is 26.9 Å². The summed E-state index contributed by atoms with van der Waals surface area (Å²) < 4.78 is 57.4. The van der Waals surface area contributed by atoms with Gasteiger partial charge in [-0.2, -0.15) is 0 Å². The van der Waals surface area contributed by atoms with Crippen LogP contribution in [0.3, 0.4) is 0 Å². The van der Waals surface area contributed by atoms with E-state index in [0.717, 1.165) is 12.8 Å². The van der Waals surface area contributed by atoms with E-state index in [1.165, 1.54) is 41.2 Å². The third-order valence-electron chi connectivity index (χ3n) is 4.71. The Bertz CT molecular complexity index is 1200. The molecule has 9 heteroatoms. The fourth-order valence-electron chi connectivity index (χ4n) is 3.15. The maximum Gasteiger partial charge on any atom is 0.240 e. The van der Waals surface area contributed by atoms with Crippen LogP contribution in [-0.4, -0.2) is 30.6 Å². The second-order valence-corrected chi connectivity index (χ2v) is 8.72. The lowest BCUT2D eigenvalue weighted by Crippen LogP contribution is -2.25. The molecule has 3 N–H and O–H groups in total. The van der Waals surface area contributed by atoms with Crippen LogP contribution in [0.5, 0.6) is 0 Å². The van der Waals surface area contributed by atoms with E-state index in [9.17, 15) is 17.2 Å². The summed E-state index contributed by atoms with van der Waals surface area (Å²) >= 11 is 0. The van der Waals surface area contributed by atoms with Gasteiger partial charge in [0.15, 0.2) is 0 Å². The molecule has 0 bridgehead atoms. The van der Waals surface area contributed by atoms with Crippen LogP contribution in [0.4, 0.5) is 8.78 Å². The first kappa shape index (κ1) is 19.7. The van der Waals surface area contributed by atoms with Gasteiger partial charge in [0.2, 0.25) is 10.0 Å². The number of fused-ring (bicyclic) bond motifs is 1. The molecule has 152 valence electrons. The molecule has 1 fully saturated rings. The molecule has 0 aliphatic heterocycles. The number of benzene rings is 2. The lowest BCUT2D eigenvalue weighted by molar-refractivity contribution is 0.557. The van der Waals surface area contributed by atoms with Crippen LogP contribution in [0, 0.1) is 5.82 Å². The maximum atomic E-state index is 14.3. The Kier molecular flexibility index (Phi) is 5.20. The number of sulfonamides is 1. The molecule has 1 saturated carbocycles. The van der Waals surface area contributed by atoms with Crippen molar-refractivity contribution in [2.45, 2.75) is 30.3 Å². The summed E-state index contributed by atoms with van der Waals surface area (Å²) in [7, 11) is -3.65. The highest BCUT2D eigenvalue weighted by Crippen LogP contribution is 2.31. The van der Waals surface area contributed by atoms with Gasteiger partial charge in [-0.3, -0.25) is 0 Å². The number of hydrogen-bond donors (Lipinski definition) is 2. The van der Waals surface area contributed by atoms with Crippen molar-refractivity contribution < 1.29 is 17.2 Å². The zero-order valence-corrected chi connectivity index (χ0v) is 16.3. The zero-order valence-electron chi connectivity index (χ0n) is 15.5. The Morgan fingerprint density at radius 1 is 1.31 bits per heavy atom. The van der Waals surface area contributed by atoms with Crippen molar-refractivity contribution in [2.24, 2.45) is 5.73 Å². The molecule has 1 aliphatic carbocycles. The van der Waals surface area contributed by atoms with E-state index in [2.05, 4.69) is 9.71 Å². The van der Waals surface area contributed by atoms with Crippen LogP contribution in [0.15, 0.2) is 59.5 Å². The topological polar surface area (TPSA) is 90.0 Å². The number of imidazole rings is 1. The summed E-state index contributed by atoms with van der Waals surface area (Å²) in [5, 5.41) is 0. The van der Waals surface area contributed by atoms with Crippen molar-refractivity contribution >= 4 is 21.1 Å². The average molecular weight is 418 g/mol. The van der Waals surface area contributed by atoms with Gasteiger partial charge in [0.1, 0.15) is 11.6 Å². The molecule has 0 unspecified atom stereocenters. The molecule has 4 rings (SSSR count). The lowest BCUT2D eigenvalue weighted by atomic mass is 10.0. The Balaban J connectivity index is 1.77. The Morgan fingerprint density at radius 2 is 2.10 bits per heavy atom. The molecule has 0 spiro atoms. The quantitative estimate of drug-likeness (QED) is 0.617. The van der Waals surface area contributed by atoms with Crippen LogP contribution in [-0.2, 0) is 16.6 Å². The zero-order chi connectivity index (χ0) is 20.6. The molecule has 1 aromatic heterocycles. The van der Waals surface area contributed by atoms with Crippen molar-refractivity contribution in [1.29, 1.82) is 0 Å². The first-order chi connectivity index (χ1) is 13.9. The van der Waals surface area contributed by atoms with Crippen LogP contribution in [0.1, 0.15) is 12.8 Å². The fourth-order valence-corrected chi connectivity index (χ4v) is 4.50. The van der Waals surface area contributed by atoms with Crippen molar-refractivity contribution in [1.82, 2.24) is 14.3 Å². The number of rotatable bonds is 7. The van der Waals surface area contributed by atoms with Gasteiger partial charge < -0.3 is 10.3 Å². The predicted octanol–water partition coefficient (Wildman–Crippen LogP) is 3.10. The molecule has 29 heavy (non-hydrogen) atoms. The minimum atomic E-state index is -3.65. The summed E-state index contributed by atoms with van der Waals surface area (Å²) in [5.41, 5.74) is 7.13. The molecular formula is C20H20F2N4O2S. The third kappa shape index (κ3) is 4.21. The largest absolute Gasteiger partial charge is 0.327 e.